The third kappa shape index (κ3) is 2.62. The van der Waals surface area contributed by atoms with Gasteiger partial charge in [0.25, 0.3) is 0 Å². The first kappa shape index (κ1) is 11.2. The van der Waals surface area contributed by atoms with Gasteiger partial charge < -0.3 is 9.84 Å². The molecular weight excluding hydrogens is 211 g/mol. The minimum absolute atomic E-state index is 0.283. The minimum Gasteiger partial charge on any atom is -0.393 e. The smallest absolute Gasteiger partial charge is 0.393 e. The van der Waals surface area contributed by atoms with Crippen LogP contribution in [0, 0.1) is 0 Å². The van der Waals surface area contributed by atoms with Gasteiger partial charge in [0.2, 0.25) is 0 Å². The summed E-state index contributed by atoms with van der Waals surface area (Å²) in [6.45, 7) is -0.300. The van der Waals surface area contributed by atoms with Crippen LogP contribution in [0.15, 0.2) is 0 Å². The van der Waals surface area contributed by atoms with E-state index in [2.05, 4.69) is 0 Å². The zero-order chi connectivity index (χ0) is 11.1. The van der Waals surface area contributed by atoms with Gasteiger partial charge in [0.15, 0.2) is 0 Å². The molecule has 2 bridgehead atoms. The fourth-order valence-corrected chi connectivity index (χ4v) is 2.43. The Hall–Kier alpha value is -0.330. The number of ether oxygens (including phenoxy) is 1. The van der Waals surface area contributed by atoms with Gasteiger partial charge in [-0.3, -0.25) is 4.90 Å². The number of halogens is 3. The molecule has 0 radical (unpaired) electrons. The number of rotatable bonds is 1. The monoisotopic (exact) mass is 225 g/mol. The van der Waals surface area contributed by atoms with Crippen molar-refractivity contribution < 1.29 is 23.0 Å². The van der Waals surface area contributed by atoms with E-state index in [1.807, 2.05) is 0 Å². The Balaban J connectivity index is 2.04. The second-order valence-electron chi connectivity index (χ2n) is 4.26. The lowest BCUT2D eigenvalue weighted by Gasteiger charge is -2.47. The van der Waals surface area contributed by atoms with Crippen LogP contribution in [0.1, 0.15) is 12.8 Å². The number of nitrogens with zero attached hydrogens (tertiary/aromatic N) is 1. The predicted molar refractivity (Wildman–Crippen MR) is 46.4 cm³/mol. The molecule has 0 amide bonds. The molecule has 6 heteroatoms. The molecule has 2 fully saturated rings. The van der Waals surface area contributed by atoms with Gasteiger partial charge in [-0.25, -0.2) is 0 Å². The van der Waals surface area contributed by atoms with Crippen molar-refractivity contribution in [2.75, 3.05) is 19.8 Å². The summed E-state index contributed by atoms with van der Waals surface area (Å²) in [5.74, 6) is 0. The number of hydrogen-bond donors (Lipinski definition) is 1. The fourth-order valence-electron chi connectivity index (χ4n) is 2.43. The van der Waals surface area contributed by atoms with Crippen LogP contribution >= 0.6 is 0 Å². The van der Waals surface area contributed by atoms with E-state index in [0.717, 1.165) is 0 Å². The topological polar surface area (TPSA) is 32.7 Å². The Morgan fingerprint density at radius 3 is 2.20 bits per heavy atom. The summed E-state index contributed by atoms with van der Waals surface area (Å²) in [7, 11) is 0. The van der Waals surface area contributed by atoms with E-state index in [4.69, 9.17) is 4.74 Å². The highest BCUT2D eigenvalue weighted by Crippen LogP contribution is 2.30. The Labute approximate surface area is 85.8 Å². The maximum Gasteiger partial charge on any atom is 0.401 e. The predicted octanol–water partition coefficient (Wildman–Crippen LogP) is 0.773. The zero-order valence-corrected chi connectivity index (χ0v) is 8.20. The Morgan fingerprint density at radius 1 is 1.20 bits per heavy atom. The van der Waals surface area contributed by atoms with Crippen LogP contribution in [-0.4, -0.2) is 54.1 Å². The maximum absolute atomic E-state index is 12.3. The van der Waals surface area contributed by atoms with Gasteiger partial charge >= 0.3 is 6.18 Å². The number of morpholine rings is 1. The van der Waals surface area contributed by atoms with Gasteiger partial charge in [-0.15, -0.1) is 0 Å². The van der Waals surface area contributed by atoms with E-state index in [1.165, 1.54) is 4.90 Å². The van der Waals surface area contributed by atoms with Gasteiger partial charge in [0, 0.05) is 12.1 Å². The van der Waals surface area contributed by atoms with E-state index in [0.29, 0.717) is 26.1 Å². The molecule has 0 spiro atoms. The molecule has 3 atom stereocenters. The second-order valence-corrected chi connectivity index (χ2v) is 4.26. The molecule has 2 heterocycles. The number of fused-ring (bicyclic) bond motifs is 2. The first-order valence-electron chi connectivity index (χ1n) is 5.04. The molecule has 0 aromatic carbocycles. The van der Waals surface area contributed by atoms with Crippen molar-refractivity contribution in [3.8, 4) is 0 Å². The first-order chi connectivity index (χ1) is 6.96. The Bertz CT molecular complexity index is 220. The normalized spacial score (nSPS) is 38.0. The van der Waals surface area contributed by atoms with Crippen molar-refractivity contribution in [1.82, 2.24) is 4.90 Å². The summed E-state index contributed by atoms with van der Waals surface area (Å²) in [5, 5.41) is 9.47. The van der Waals surface area contributed by atoms with Crippen LogP contribution in [0.3, 0.4) is 0 Å². The van der Waals surface area contributed by atoms with E-state index in [9.17, 15) is 18.3 Å². The van der Waals surface area contributed by atoms with Crippen molar-refractivity contribution in [3.63, 3.8) is 0 Å². The van der Waals surface area contributed by atoms with Gasteiger partial charge in [-0.05, 0) is 12.8 Å². The Kier molecular flexibility index (Phi) is 2.92. The molecule has 2 aliphatic rings. The molecule has 0 saturated carbocycles. The molecule has 0 aliphatic carbocycles. The molecule has 15 heavy (non-hydrogen) atoms. The van der Waals surface area contributed by atoms with Crippen molar-refractivity contribution in [2.24, 2.45) is 0 Å². The van der Waals surface area contributed by atoms with Gasteiger partial charge in [-0.2, -0.15) is 13.2 Å². The highest BCUT2D eigenvalue weighted by atomic mass is 19.4. The first-order valence-corrected chi connectivity index (χ1v) is 5.04. The molecule has 1 N–H and O–H groups in total. The highest BCUT2D eigenvalue weighted by molar-refractivity contribution is 4.92. The van der Waals surface area contributed by atoms with Crippen LogP contribution in [0.25, 0.3) is 0 Å². The van der Waals surface area contributed by atoms with Crippen LogP contribution in [-0.2, 0) is 4.74 Å². The average molecular weight is 225 g/mol. The summed E-state index contributed by atoms with van der Waals surface area (Å²) < 4.78 is 42.1. The molecule has 2 aliphatic heterocycles. The number of aliphatic hydroxyl groups is 1. The summed E-state index contributed by atoms with van der Waals surface area (Å²) in [6.07, 6.45) is -3.89. The molecule has 3 nitrogen and oxygen atoms in total. The molecule has 88 valence electrons. The van der Waals surface area contributed by atoms with Crippen LogP contribution in [0.5, 0.6) is 0 Å². The molecule has 2 unspecified atom stereocenters. The van der Waals surface area contributed by atoms with Crippen molar-refractivity contribution in [1.29, 1.82) is 0 Å². The maximum atomic E-state index is 12.3. The molecule has 0 aromatic rings. The summed E-state index contributed by atoms with van der Waals surface area (Å²) >= 11 is 0. The number of piperidine rings is 1. The number of hydrogen-bond acceptors (Lipinski definition) is 3. The lowest BCUT2D eigenvalue weighted by atomic mass is 9.92. The van der Waals surface area contributed by atoms with Gasteiger partial charge in [-0.1, -0.05) is 0 Å². The third-order valence-corrected chi connectivity index (χ3v) is 3.01. The molecule has 2 saturated heterocycles. The highest BCUT2D eigenvalue weighted by Gasteiger charge is 2.43. The van der Waals surface area contributed by atoms with Crippen LogP contribution in [0.4, 0.5) is 13.2 Å². The van der Waals surface area contributed by atoms with Crippen LogP contribution < -0.4 is 0 Å². The number of alkyl halides is 3. The average Bonchev–Trinajstić information content (AvgIpc) is 2.04. The van der Waals surface area contributed by atoms with Crippen molar-refractivity contribution in [3.05, 3.63) is 0 Å². The van der Waals surface area contributed by atoms with Gasteiger partial charge in [0.1, 0.15) is 0 Å². The quantitative estimate of drug-likeness (QED) is 0.715. The van der Waals surface area contributed by atoms with Crippen LogP contribution in [0.2, 0.25) is 0 Å². The fraction of sp³-hybridized carbons (Fsp3) is 1.00. The molecular formula is C9H14F3NO2. The lowest BCUT2D eigenvalue weighted by Crippen LogP contribution is -2.60. The summed E-state index contributed by atoms with van der Waals surface area (Å²) in [4.78, 5) is 1.43. The van der Waals surface area contributed by atoms with E-state index < -0.39 is 18.8 Å². The molecule has 2 rings (SSSR count). The number of aliphatic hydroxyl groups excluding tert-OH is 1. The molecule has 0 aromatic heterocycles. The van der Waals surface area contributed by atoms with E-state index in [1.54, 1.807) is 0 Å². The lowest BCUT2D eigenvalue weighted by molar-refractivity contribution is -0.188. The van der Waals surface area contributed by atoms with Crippen molar-refractivity contribution >= 4 is 0 Å². The second kappa shape index (κ2) is 3.92. The SMILES string of the molecule is OC1CC2COC[C@@H](C1)N2CC(F)(F)F. The summed E-state index contributed by atoms with van der Waals surface area (Å²) in [5.41, 5.74) is 0. The standard InChI is InChI=1S/C9H14F3NO2/c10-9(11,12)5-13-6-1-8(14)2-7(13)4-15-3-6/h6-8,14H,1-5H2/t6-,7?,8?/m1/s1. The largest absolute Gasteiger partial charge is 0.401 e. The van der Waals surface area contributed by atoms with E-state index in [-0.39, 0.29) is 12.1 Å². The van der Waals surface area contributed by atoms with E-state index >= 15 is 0 Å². The van der Waals surface area contributed by atoms with Gasteiger partial charge in [0.05, 0.1) is 25.9 Å². The Morgan fingerprint density at radius 2 is 1.73 bits per heavy atom. The summed E-state index contributed by atoms with van der Waals surface area (Å²) in [6, 6.07) is -0.566. The zero-order valence-electron chi connectivity index (χ0n) is 8.20. The third-order valence-electron chi connectivity index (χ3n) is 3.01. The van der Waals surface area contributed by atoms with Crippen molar-refractivity contribution in [2.45, 2.75) is 37.2 Å². The minimum atomic E-state index is -4.17.